The van der Waals surface area contributed by atoms with Crippen molar-refractivity contribution in [2.75, 3.05) is 7.11 Å². The van der Waals surface area contributed by atoms with E-state index < -0.39 is 0 Å². The summed E-state index contributed by atoms with van der Waals surface area (Å²) in [6.45, 7) is 0. The Morgan fingerprint density at radius 3 is 2.04 bits per heavy atom. The first-order valence-corrected chi connectivity index (χ1v) is 9.14. The highest BCUT2D eigenvalue weighted by molar-refractivity contribution is 6.30. The Labute approximate surface area is 164 Å². The predicted molar refractivity (Wildman–Crippen MR) is 113 cm³/mol. The molecular formula is C25H18ClO. The van der Waals surface area contributed by atoms with Crippen LogP contribution in [0.25, 0.3) is 33.4 Å². The molecule has 0 saturated heterocycles. The van der Waals surface area contributed by atoms with Crippen LogP contribution in [-0.4, -0.2) is 7.11 Å². The number of hydrogen-bond acceptors (Lipinski definition) is 1. The van der Waals surface area contributed by atoms with Gasteiger partial charge in [-0.1, -0.05) is 78.3 Å². The molecule has 4 rings (SSSR count). The van der Waals surface area contributed by atoms with Crippen LogP contribution in [0.1, 0.15) is 0 Å². The highest BCUT2D eigenvalue weighted by Crippen LogP contribution is 2.40. The first-order chi connectivity index (χ1) is 13.3. The van der Waals surface area contributed by atoms with Gasteiger partial charge in [0.25, 0.3) is 0 Å². The molecule has 1 nitrogen and oxygen atoms in total. The van der Waals surface area contributed by atoms with E-state index in [9.17, 15) is 0 Å². The van der Waals surface area contributed by atoms with E-state index in [-0.39, 0.29) is 0 Å². The minimum absolute atomic E-state index is 0.726. The molecule has 0 aliphatic carbocycles. The van der Waals surface area contributed by atoms with Crippen LogP contribution in [0.2, 0.25) is 5.02 Å². The molecule has 1 radical (unpaired) electrons. The zero-order valence-corrected chi connectivity index (χ0v) is 15.7. The van der Waals surface area contributed by atoms with Gasteiger partial charge in [-0.3, -0.25) is 0 Å². The average molecular weight is 370 g/mol. The molecule has 0 saturated carbocycles. The van der Waals surface area contributed by atoms with Gasteiger partial charge in [0, 0.05) is 5.02 Å². The molecule has 0 atom stereocenters. The summed E-state index contributed by atoms with van der Waals surface area (Å²) in [5.74, 6) is 0.841. The van der Waals surface area contributed by atoms with Crippen molar-refractivity contribution in [3.8, 4) is 39.1 Å². The van der Waals surface area contributed by atoms with Gasteiger partial charge in [0.05, 0.1) is 7.11 Å². The van der Waals surface area contributed by atoms with Crippen LogP contribution in [0.5, 0.6) is 5.75 Å². The van der Waals surface area contributed by atoms with Crippen LogP contribution in [0.15, 0.2) is 91.0 Å². The van der Waals surface area contributed by atoms with E-state index in [1.165, 1.54) is 11.1 Å². The number of benzene rings is 4. The monoisotopic (exact) mass is 369 g/mol. The lowest BCUT2D eigenvalue weighted by molar-refractivity contribution is 0.415. The third-order valence-corrected chi connectivity index (χ3v) is 4.85. The first kappa shape index (κ1) is 17.4. The number of methoxy groups -OCH3 is 1. The van der Waals surface area contributed by atoms with Gasteiger partial charge in [-0.05, 0) is 63.7 Å². The second kappa shape index (κ2) is 7.69. The Balaban J connectivity index is 1.97. The number of ether oxygens (including phenoxy) is 1. The summed E-state index contributed by atoms with van der Waals surface area (Å²) in [6, 6.07) is 34.0. The van der Waals surface area contributed by atoms with Crippen molar-refractivity contribution in [3.63, 3.8) is 0 Å². The van der Waals surface area contributed by atoms with Crippen LogP contribution in [0.3, 0.4) is 0 Å². The molecule has 131 valence electrons. The number of hydrogen-bond donors (Lipinski definition) is 0. The second-order valence-electron chi connectivity index (χ2n) is 6.24. The molecule has 2 heteroatoms. The van der Waals surface area contributed by atoms with Crippen molar-refractivity contribution in [2.24, 2.45) is 0 Å². The lowest BCUT2D eigenvalue weighted by Crippen LogP contribution is -1.91. The standard InChI is InChI=1S/C25H18ClO/c1-27-22-16-12-20(13-17-22)25-23(18-6-3-2-4-7-18)8-5-9-24(25)19-10-14-21(26)15-11-19/h2-8,10-17H,1H3. The topological polar surface area (TPSA) is 9.23 Å². The van der Waals surface area contributed by atoms with Crippen molar-refractivity contribution in [2.45, 2.75) is 0 Å². The van der Waals surface area contributed by atoms with Crippen LogP contribution in [-0.2, 0) is 0 Å². The lowest BCUT2D eigenvalue weighted by Gasteiger charge is -2.16. The maximum atomic E-state index is 6.09. The molecule has 0 heterocycles. The molecule has 4 aromatic rings. The van der Waals surface area contributed by atoms with Crippen LogP contribution >= 0.6 is 11.6 Å². The predicted octanol–water partition coefficient (Wildman–Crippen LogP) is 7.15. The minimum atomic E-state index is 0.726. The van der Waals surface area contributed by atoms with Gasteiger partial charge in [0.1, 0.15) is 5.75 Å². The largest absolute Gasteiger partial charge is 0.497 e. The van der Waals surface area contributed by atoms with Crippen LogP contribution in [0.4, 0.5) is 0 Å². The molecule has 0 aromatic heterocycles. The Morgan fingerprint density at radius 1 is 0.704 bits per heavy atom. The van der Waals surface area contributed by atoms with E-state index in [2.05, 4.69) is 48.5 Å². The normalized spacial score (nSPS) is 10.6. The Morgan fingerprint density at radius 2 is 1.37 bits per heavy atom. The number of halogens is 1. The Bertz CT molecular complexity index is 1040. The van der Waals surface area contributed by atoms with Crippen LogP contribution in [0, 0.1) is 6.07 Å². The summed E-state index contributed by atoms with van der Waals surface area (Å²) in [6.07, 6.45) is 0. The molecule has 0 aliphatic heterocycles. The lowest BCUT2D eigenvalue weighted by atomic mass is 9.87. The average Bonchev–Trinajstić information content (AvgIpc) is 2.74. The summed E-state index contributed by atoms with van der Waals surface area (Å²) in [5.41, 5.74) is 6.75. The van der Waals surface area contributed by atoms with Gasteiger partial charge in [0.15, 0.2) is 0 Å². The third-order valence-electron chi connectivity index (χ3n) is 4.59. The molecule has 0 amide bonds. The van der Waals surface area contributed by atoms with Gasteiger partial charge in [0.2, 0.25) is 0 Å². The molecule has 27 heavy (non-hydrogen) atoms. The zero-order chi connectivity index (χ0) is 18.6. The molecular weight excluding hydrogens is 352 g/mol. The summed E-state index contributed by atoms with van der Waals surface area (Å²) in [5, 5.41) is 0.726. The van der Waals surface area contributed by atoms with E-state index >= 15 is 0 Å². The van der Waals surface area contributed by atoms with Gasteiger partial charge in [-0.25, -0.2) is 0 Å². The highest BCUT2D eigenvalue weighted by Gasteiger charge is 2.14. The molecule has 0 unspecified atom stereocenters. The van der Waals surface area contributed by atoms with Gasteiger partial charge < -0.3 is 4.74 Å². The van der Waals surface area contributed by atoms with Gasteiger partial charge >= 0.3 is 0 Å². The summed E-state index contributed by atoms with van der Waals surface area (Å²) in [7, 11) is 1.68. The van der Waals surface area contributed by atoms with Crippen molar-refractivity contribution in [1.82, 2.24) is 0 Å². The van der Waals surface area contributed by atoms with E-state index in [4.69, 9.17) is 16.3 Å². The maximum absolute atomic E-state index is 6.09. The van der Waals surface area contributed by atoms with Crippen molar-refractivity contribution in [1.29, 1.82) is 0 Å². The molecule has 0 N–H and O–H groups in total. The Hall–Kier alpha value is -3.03. The van der Waals surface area contributed by atoms with E-state index in [1.807, 2.05) is 48.5 Å². The fraction of sp³-hybridized carbons (Fsp3) is 0.0400. The fourth-order valence-corrected chi connectivity index (χ4v) is 3.38. The molecule has 0 fully saturated rings. The molecule has 0 spiro atoms. The quantitative estimate of drug-likeness (QED) is 0.371. The van der Waals surface area contributed by atoms with Gasteiger partial charge in [-0.15, -0.1) is 0 Å². The first-order valence-electron chi connectivity index (χ1n) is 8.77. The summed E-state index contributed by atoms with van der Waals surface area (Å²) in [4.78, 5) is 0. The van der Waals surface area contributed by atoms with Gasteiger partial charge in [-0.2, -0.15) is 0 Å². The van der Waals surface area contributed by atoms with E-state index in [0.29, 0.717) is 0 Å². The third kappa shape index (κ3) is 3.60. The van der Waals surface area contributed by atoms with Crippen LogP contribution < -0.4 is 4.74 Å². The van der Waals surface area contributed by atoms with E-state index in [0.717, 1.165) is 33.0 Å². The highest BCUT2D eigenvalue weighted by atomic mass is 35.5. The maximum Gasteiger partial charge on any atom is 0.118 e. The fourth-order valence-electron chi connectivity index (χ4n) is 3.26. The summed E-state index contributed by atoms with van der Waals surface area (Å²) >= 11 is 6.09. The second-order valence-corrected chi connectivity index (χ2v) is 6.68. The number of rotatable bonds is 4. The minimum Gasteiger partial charge on any atom is -0.497 e. The van der Waals surface area contributed by atoms with Crippen molar-refractivity contribution >= 4 is 11.6 Å². The Kier molecular flexibility index (Phi) is 4.95. The zero-order valence-electron chi connectivity index (χ0n) is 14.9. The smallest absolute Gasteiger partial charge is 0.118 e. The van der Waals surface area contributed by atoms with E-state index in [1.54, 1.807) is 7.11 Å². The molecule has 0 bridgehead atoms. The van der Waals surface area contributed by atoms with Crippen molar-refractivity contribution < 1.29 is 4.74 Å². The SMILES string of the molecule is COc1ccc(-c2c(-c3ccc(Cl)cc3)[c]ccc2-c2ccccc2)cc1. The molecule has 4 aromatic carbocycles. The van der Waals surface area contributed by atoms with Crippen molar-refractivity contribution in [3.05, 3.63) is 102 Å². The summed E-state index contributed by atoms with van der Waals surface area (Å²) < 4.78 is 5.33. The molecule has 0 aliphatic rings.